The maximum absolute atomic E-state index is 12.6. The molecule has 8 nitrogen and oxygen atoms in total. The number of benzene rings is 2. The van der Waals surface area contributed by atoms with E-state index in [4.69, 9.17) is 4.74 Å². The van der Waals surface area contributed by atoms with Crippen molar-refractivity contribution in [2.45, 2.75) is 25.8 Å². The molecule has 32 heavy (non-hydrogen) atoms. The molecule has 166 valence electrons. The first-order chi connectivity index (χ1) is 15.5. The molecule has 2 aromatic carbocycles. The minimum atomic E-state index is -0.204. The smallest absolute Gasteiger partial charge is 0.321 e. The second-order valence-corrected chi connectivity index (χ2v) is 7.86. The highest BCUT2D eigenvalue weighted by Gasteiger charge is 2.26. The van der Waals surface area contributed by atoms with Crippen LogP contribution >= 0.6 is 0 Å². The number of amides is 3. The quantitative estimate of drug-likeness (QED) is 0.627. The lowest BCUT2D eigenvalue weighted by Crippen LogP contribution is -2.41. The number of anilines is 2. The first-order valence-corrected chi connectivity index (χ1v) is 10.6. The van der Waals surface area contributed by atoms with Crippen molar-refractivity contribution in [2.75, 3.05) is 30.8 Å². The highest BCUT2D eigenvalue weighted by Crippen LogP contribution is 2.26. The number of rotatable bonds is 5. The van der Waals surface area contributed by atoms with E-state index < -0.39 is 0 Å². The molecular weight excluding hydrogens is 406 g/mol. The molecule has 3 aromatic rings. The third kappa shape index (κ3) is 4.91. The van der Waals surface area contributed by atoms with Gasteiger partial charge in [0.1, 0.15) is 11.6 Å². The molecule has 4 rings (SSSR count). The van der Waals surface area contributed by atoms with Crippen LogP contribution in [0.5, 0.6) is 5.75 Å². The highest BCUT2D eigenvalue weighted by atomic mass is 16.5. The van der Waals surface area contributed by atoms with Crippen molar-refractivity contribution in [1.82, 2.24) is 14.7 Å². The van der Waals surface area contributed by atoms with Crippen LogP contribution < -0.4 is 15.4 Å². The number of methoxy groups -OCH3 is 1. The lowest BCUT2D eigenvalue weighted by atomic mass is 10.1. The molecule has 1 saturated heterocycles. The van der Waals surface area contributed by atoms with Gasteiger partial charge in [-0.05, 0) is 61.7 Å². The van der Waals surface area contributed by atoms with Gasteiger partial charge in [0, 0.05) is 30.4 Å². The Hall–Kier alpha value is -3.81. The molecule has 0 unspecified atom stereocenters. The number of carbonyl (C=O) groups excluding carboxylic acids is 2. The van der Waals surface area contributed by atoms with Crippen LogP contribution in [-0.2, 0) is 0 Å². The van der Waals surface area contributed by atoms with Gasteiger partial charge >= 0.3 is 6.03 Å². The van der Waals surface area contributed by atoms with E-state index in [1.807, 2.05) is 40.8 Å². The lowest BCUT2D eigenvalue weighted by Gasteiger charge is -2.32. The van der Waals surface area contributed by atoms with E-state index >= 15 is 0 Å². The summed E-state index contributed by atoms with van der Waals surface area (Å²) in [5, 5.41) is 10.3. The minimum absolute atomic E-state index is 0.0949. The van der Waals surface area contributed by atoms with E-state index in [1.165, 1.54) is 0 Å². The molecule has 1 aliphatic rings. The minimum Gasteiger partial charge on any atom is -0.497 e. The largest absolute Gasteiger partial charge is 0.497 e. The molecule has 0 saturated carbocycles. The monoisotopic (exact) mass is 433 g/mol. The maximum Gasteiger partial charge on any atom is 0.321 e. The standard InChI is InChI=1S/C24H27N5O3/c1-17-4-3-5-19(16-17)26-24(31)28-14-11-20(12-15-28)29-22(10-13-25-29)27-23(30)18-6-8-21(32-2)9-7-18/h3-10,13,16,20H,11-12,14-15H2,1-2H3,(H,26,31)(H,27,30). The second-order valence-electron chi connectivity index (χ2n) is 7.86. The second kappa shape index (κ2) is 9.55. The summed E-state index contributed by atoms with van der Waals surface area (Å²) in [4.78, 5) is 27.1. The van der Waals surface area contributed by atoms with Crippen molar-refractivity contribution >= 4 is 23.4 Å². The number of hydrogen-bond acceptors (Lipinski definition) is 4. The number of ether oxygens (including phenoxy) is 1. The summed E-state index contributed by atoms with van der Waals surface area (Å²) >= 11 is 0. The molecule has 0 spiro atoms. The molecule has 0 atom stereocenters. The van der Waals surface area contributed by atoms with Gasteiger partial charge in [-0.25, -0.2) is 9.48 Å². The Kier molecular flexibility index (Phi) is 6.39. The van der Waals surface area contributed by atoms with Crippen LogP contribution in [0.1, 0.15) is 34.8 Å². The van der Waals surface area contributed by atoms with E-state index in [9.17, 15) is 9.59 Å². The number of aryl methyl sites for hydroxylation is 1. The molecule has 8 heteroatoms. The zero-order valence-corrected chi connectivity index (χ0v) is 18.2. The van der Waals surface area contributed by atoms with Gasteiger partial charge in [0.2, 0.25) is 0 Å². The number of likely N-dealkylation sites (tertiary alicyclic amines) is 1. The Bertz CT molecular complexity index is 1090. The fourth-order valence-corrected chi connectivity index (χ4v) is 3.87. The summed E-state index contributed by atoms with van der Waals surface area (Å²) in [6.07, 6.45) is 3.20. The Labute approximate surface area is 187 Å². The van der Waals surface area contributed by atoms with Crippen LogP contribution in [0.4, 0.5) is 16.3 Å². The predicted molar refractivity (Wildman–Crippen MR) is 123 cm³/mol. The summed E-state index contributed by atoms with van der Waals surface area (Å²) in [7, 11) is 1.59. The van der Waals surface area contributed by atoms with Crippen molar-refractivity contribution in [3.8, 4) is 5.75 Å². The van der Waals surface area contributed by atoms with Gasteiger partial charge in [-0.3, -0.25) is 4.79 Å². The van der Waals surface area contributed by atoms with Crippen LogP contribution in [0.2, 0.25) is 0 Å². The van der Waals surface area contributed by atoms with Crippen LogP contribution in [-0.4, -0.2) is 46.8 Å². The summed E-state index contributed by atoms with van der Waals surface area (Å²) in [5.74, 6) is 1.14. The molecule has 0 radical (unpaired) electrons. The average Bonchev–Trinajstić information content (AvgIpc) is 3.27. The fourth-order valence-electron chi connectivity index (χ4n) is 3.87. The molecule has 0 bridgehead atoms. The van der Waals surface area contributed by atoms with E-state index in [0.29, 0.717) is 30.2 Å². The molecule has 3 amide bonds. The van der Waals surface area contributed by atoms with Crippen LogP contribution in [0, 0.1) is 6.92 Å². The zero-order valence-electron chi connectivity index (χ0n) is 18.2. The van der Waals surface area contributed by atoms with Gasteiger partial charge in [-0.2, -0.15) is 5.10 Å². The number of piperidine rings is 1. The van der Waals surface area contributed by atoms with Gasteiger partial charge in [-0.15, -0.1) is 0 Å². The van der Waals surface area contributed by atoms with Crippen molar-refractivity contribution in [3.63, 3.8) is 0 Å². The highest BCUT2D eigenvalue weighted by molar-refractivity contribution is 6.03. The summed E-state index contributed by atoms with van der Waals surface area (Å²) in [6, 6.07) is 16.5. The van der Waals surface area contributed by atoms with Crippen LogP contribution in [0.25, 0.3) is 0 Å². The molecule has 1 aliphatic heterocycles. The number of aromatic nitrogens is 2. The van der Waals surface area contributed by atoms with Gasteiger partial charge < -0.3 is 20.3 Å². The van der Waals surface area contributed by atoms with Crippen molar-refractivity contribution in [3.05, 3.63) is 71.9 Å². The molecule has 2 N–H and O–H groups in total. The number of nitrogens with one attached hydrogen (secondary N) is 2. The molecular formula is C24H27N5O3. The first-order valence-electron chi connectivity index (χ1n) is 10.6. The SMILES string of the molecule is COc1ccc(C(=O)Nc2ccnn2C2CCN(C(=O)Nc3cccc(C)c3)CC2)cc1. The summed E-state index contributed by atoms with van der Waals surface area (Å²) < 4.78 is 6.98. The molecule has 0 aliphatic carbocycles. The number of hydrogen-bond donors (Lipinski definition) is 2. The first kappa shape index (κ1) is 21.4. The number of carbonyl (C=O) groups is 2. The third-order valence-corrected chi connectivity index (χ3v) is 5.63. The third-order valence-electron chi connectivity index (χ3n) is 5.63. The predicted octanol–water partition coefficient (Wildman–Crippen LogP) is 4.32. The van der Waals surface area contributed by atoms with E-state index in [-0.39, 0.29) is 18.0 Å². The maximum atomic E-state index is 12.6. The zero-order chi connectivity index (χ0) is 22.5. The van der Waals surface area contributed by atoms with Crippen molar-refractivity contribution < 1.29 is 14.3 Å². The van der Waals surface area contributed by atoms with Crippen LogP contribution in [0.3, 0.4) is 0 Å². The van der Waals surface area contributed by atoms with Crippen molar-refractivity contribution in [2.24, 2.45) is 0 Å². The molecule has 1 fully saturated rings. The van der Waals surface area contributed by atoms with Gasteiger partial charge in [-0.1, -0.05) is 12.1 Å². The normalized spacial score (nSPS) is 14.1. The van der Waals surface area contributed by atoms with E-state index in [0.717, 1.165) is 24.1 Å². The summed E-state index contributed by atoms with van der Waals surface area (Å²) in [6.45, 7) is 3.23. The Morgan fingerprint density at radius 3 is 2.47 bits per heavy atom. The Morgan fingerprint density at radius 2 is 1.78 bits per heavy atom. The molecule has 1 aromatic heterocycles. The van der Waals surface area contributed by atoms with E-state index in [1.54, 1.807) is 43.6 Å². The van der Waals surface area contributed by atoms with Gasteiger partial charge in [0.15, 0.2) is 0 Å². The average molecular weight is 434 g/mol. The number of nitrogens with zero attached hydrogens (tertiary/aromatic N) is 3. The molecule has 2 heterocycles. The Balaban J connectivity index is 1.34. The van der Waals surface area contributed by atoms with Gasteiger partial charge in [0.05, 0.1) is 19.3 Å². The summed E-state index contributed by atoms with van der Waals surface area (Å²) in [5.41, 5.74) is 2.44. The fraction of sp³-hybridized carbons (Fsp3) is 0.292. The number of urea groups is 1. The lowest BCUT2D eigenvalue weighted by molar-refractivity contribution is 0.102. The van der Waals surface area contributed by atoms with Crippen LogP contribution in [0.15, 0.2) is 60.8 Å². The topological polar surface area (TPSA) is 88.5 Å². The van der Waals surface area contributed by atoms with Crippen molar-refractivity contribution in [1.29, 1.82) is 0 Å². The van der Waals surface area contributed by atoms with E-state index in [2.05, 4.69) is 15.7 Å². The Morgan fingerprint density at radius 1 is 1.03 bits per heavy atom. The van der Waals surface area contributed by atoms with Gasteiger partial charge in [0.25, 0.3) is 5.91 Å².